The van der Waals surface area contributed by atoms with Crippen molar-refractivity contribution >= 4 is 46.0 Å². The van der Waals surface area contributed by atoms with Crippen molar-refractivity contribution in [3.05, 3.63) is 96.3 Å². The van der Waals surface area contributed by atoms with E-state index in [0.717, 1.165) is 11.9 Å². The van der Waals surface area contributed by atoms with Crippen LogP contribution in [0.3, 0.4) is 0 Å². The molecule has 2 amide bonds. The average molecular weight is 610 g/mol. The normalized spacial score (nSPS) is 11.3. The van der Waals surface area contributed by atoms with Crippen LogP contribution in [0.1, 0.15) is 56.6 Å². The summed E-state index contributed by atoms with van der Waals surface area (Å²) in [6.07, 6.45) is 1.86. The van der Waals surface area contributed by atoms with Gasteiger partial charge in [0, 0.05) is 16.9 Å². The Hall–Kier alpha value is -5.65. The first-order chi connectivity index (χ1) is 21.4. The van der Waals surface area contributed by atoms with Crippen LogP contribution in [0, 0.1) is 5.82 Å². The lowest BCUT2D eigenvalue weighted by atomic mass is 10.1. The average Bonchev–Trinajstić information content (AvgIpc) is 2.99. The van der Waals surface area contributed by atoms with E-state index < -0.39 is 23.4 Å². The third-order valence-electron chi connectivity index (χ3n) is 6.30. The zero-order chi connectivity index (χ0) is 32.1. The number of halogens is 1. The monoisotopic (exact) mass is 609 g/mol. The lowest BCUT2D eigenvalue weighted by Gasteiger charge is -2.19. The Kier molecular flexibility index (Phi) is 8.84. The molecule has 3 aromatic heterocycles. The van der Waals surface area contributed by atoms with Gasteiger partial charge < -0.3 is 20.1 Å². The van der Waals surface area contributed by atoms with E-state index in [2.05, 4.69) is 49.7 Å². The first-order valence-corrected chi connectivity index (χ1v) is 14.2. The number of hydrogen-bond acceptors (Lipinski definition) is 9. The molecule has 12 heteroatoms. The molecule has 0 aliphatic heterocycles. The van der Waals surface area contributed by atoms with E-state index >= 15 is 0 Å². The number of rotatable bonds is 8. The van der Waals surface area contributed by atoms with Crippen molar-refractivity contribution in [2.75, 3.05) is 16.0 Å². The largest absolute Gasteiger partial charge is 0.455 e. The Balaban J connectivity index is 1.44. The van der Waals surface area contributed by atoms with Gasteiger partial charge in [0.15, 0.2) is 11.4 Å². The molecule has 5 rings (SSSR count). The molecule has 0 atom stereocenters. The highest BCUT2D eigenvalue weighted by Gasteiger charge is 2.17. The van der Waals surface area contributed by atoms with Gasteiger partial charge in [0.05, 0.1) is 17.3 Å². The maximum Gasteiger partial charge on any atom is 0.412 e. The highest BCUT2D eigenvalue weighted by molar-refractivity contribution is 6.05. The molecule has 0 spiro atoms. The van der Waals surface area contributed by atoms with Crippen molar-refractivity contribution in [1.29, 1.82) is 0 Å². The molecule has 0 radical (unpaired) electrons. The standard InChI is InChI=1S/C33H32FN7O4/c1-19(2)25-13-12-24-29(39-25)36-18-37-30(24)40-26-16-20(31(42)41-28-15-7-21(34)17-35-28)6-14-27(26)44-23-10-8-22(9-11-23)38-32(43)45-33(3,4)5/h6-19H,1-5H3,(H,38,43)(H,35,41,42)(H,36,37,39,40). The maximum atomic E-state index is 13.3. The first kappa shape index (κ1) is 30.8. The molecule has 0 bridgehead atoms. The minimum Gasteiger partial charge on any atom is -0.455 e. The summed E-state index contributed by atoms with van der Waals surface area (Å²) in [7, 11) is 0. The Morgan fingerprint density at radius 3 is 2.36 bits per heavy atom. The number of carbonyl (C=O) groups is 2. The number of nitrogens with one attached hydrogen (secondary N) is 3. The van der Waals surface area contributed by atoms with E-state index in [-0.39, 0.29) is 17.3 Å². The van der Waals surface area contributed by atoms with Crippen molar-refractivity contribution in [2.45, 2.75) is 46.1 Å². The number of benzene rings is 2. The van der Waals surface area contributed by atoms with Gasteiger partial charge >= 0.3 is 6.09 Å². The molecule has 0 unspecified atom stereocenters. The van der Waals surface area contributed by atoms with Crippen molar-refractivity contribution in [3.63, 3.8) is 0 Å². The zero-order valence-corrected chi connectivity index (χ0v) is 25.4. The van der Waals surface area contributed by atoms with Crippen LogP contribution in [0.15, 0.2) is 79.3 Å². The summed E-state index contributed by atoms with van der Waals surface area (Å²) in [5.41, 5.74) is 2.03. The lowest BCUT2D eigenvalue weighted by molar-refractivity contribution is 0.0635. The zero-order valence-electron chi connectivity index (χ0n) is 25.4. The molecule has 3 heterocycles. The van der Waals surface area contributed by atoms with E-state index in [9.17, 15) is 14.0 Å². The van der Waals surface area contributed by atoms with E-state index in [1.807, 2.05) is 12.1 Å². The second-order valence-corrected chi connectivity index (χ2v) is 11.4. The van der Waals surface area contributed by atoms with Crippen molar-refractivity contribution in [2.24, 2.45) is 0 Å². The number of hydrogen-bond donors (Lipinski definition) is 3. The lowest BCUT2D eigenvalue weighted by Crippen LogP contribution is -2.27. The SMILES string of the molecule is CC(C)c1ccc2c(Nc3cc(C(=O)Nc4ccc(F)cn4)ccc3Oc3ccc(NC(=O)OC(C)(C)C)cc3)ncnc2n1. The van der Waals surface area contributed by atoms with Gasteiger partial charge in [-0.2, -0.15) is 0 Å². The van der Waals surface area contributed by atoms with Crippen LogP contribution in [-0.4, -0.2) is 37.5 Å². The summed E-state index contributed by atoms with van der Waals surface area (Å²) >= 11 is 0. The van der Waals surface area contributed by atoms with Gasteiger partial charge in [-0.25, -0.2) is 29.1 Å². The molecular weight excluding hydrogens is 577 g/mol. The highest BCUT2D eigenvalue weighted by atomic mass is 19.1. The second kappa shape index (κ2) is 12.9. The number of nitrogens with zero attached hydrogens (tertiary/aromatic N) is 4. The quantitative estimate of drug-likeness (QED) is 0.161. The number of amides is 2. The maximum absolute atomic E-state index is 13.3. The van der Waals surface area contributed by atoms with Gasteiger partial charge in [0.2, 0.25) is 0 Å². The molecule has 230 valence electrons. The fourth-order valence-corrected chi connectivity index (χ4v) is 4.16. The van der Waals surface area contributed by atoms with Crippen LogP contribution in [0.25, 0.3) is 11.0 Å². The topological polar surface area (TPSA) is 140 Å². The molecule has 0 aliphatic rings. The molecule has 45 heavy (non-hydrogen) atoms. The number of ether oxygens (including phenoxy) is 2. The van der Waals surface area contributed by atoms with Gasteiger partial charge in [-0.3, -0.25) is 10.1 Å². The third-order valence-corrected chi connectivity index (χ3v) is 6.30. The molecule has 0 saturated heterocycles. The summed E-state index contributed by atoms with van der Waals surface area (Å²) < 4.78 is 24.8. The number of carbonyl (C=O) groups excluding carboxylic acids is 2. The Morgan fingerprint density at radius 2 is 1.67 bits per heavy atom. The molecule has 0 aliphatic carbocycles. The van der Waals surface area contributed by atoms with Crippen LogP contribution < -0.4 is 20.7 Å². The van der Waals surface area contributed by atoms with E-state index in [1.54, 1.807) is 63.2 Å². The van der Waals surface area contributed by atoms with Gasteiger partial charge in [-0.05, 0) is 93.4 Å². The fourth-order valence-electron chi connectivity index (χ4n) is 4.16. The summed E-state index contributed by atoms with van der Waals surface area (Å²) in [6.45, 7) is 9.46. The number of pyridine rings is 2. The summed E-state index contributed by atoms with van der Waals surface area (Å²) in [5, 5.41) is 9.30. The second-order valence-electron chi connectivity index (χ2n) is 11.4. The van der Waals surface area contributed by atoms with Gasteiger partial charge in [-0.1, -0.05) is 13.8 Å². The summed E-state index contributed by atoms with van der Waals surface area (Å²) in [5.74, 6) is 0.762. The van der Waals surface area contributed by atoms with E-state index in [4.69, 9.17) is 9.47 Å². The van der Waals surface area contributed by atoms with Crippen LogP contribution in [0.4, 0.5) is 32.2 Å². The van der Waals surface area contributed by atoms with Crippen LogP contribution in [0.5, 0.6) is 11.5 Å². The number of anilines is 4. The third kappa shape index (κ3) is 8.05. The minimum absolute atomic E-state index is 0.199. The predicted molar refractivity (Wildman–Crippen MR) is 170 cm³/mol. The molecule has 0 saturated carbocycles. The molecule has 11 nitrogen and oxygen atoms in total. The minimum atomic E-state index is -0.628. The Morgan fingerprint density at radius 1 is 0.889 bits per heavy atom. The molecule has 3 N–H and O–H groups in total. The summed E-state index contributed by atoms with van der Waals surface area (Å²) in [4.78, 5) is 42.6. The van der Waals surface area contributed by atoms with Crippen molar-refractivity contribution in [3.8, 4) is 11.5 Å². The number of fused-ring (bicyclic) bond motifs is 1. The highest BCUT2D eigenvalue weighted by Crippen LogP contribution is 2.35. The van der Waals surface area contributed by atoms with Gasteiger partial charge in [-0.15, -0.1) is 0 Å². The van der Waals surface area contributed by atoms with Crippen LogP contribution in [-0.2, 0) is 4.74 Å². The van der Waals surface area contributed by atoms with Crippen molar-refractivity contribution < 1.29 is 23.5 Å². The van der Waals surface area contributed by atoms with E-state index in [0.29, 0.717) is 39.7 Å². The van der Waals surface area contributed by atoms with Crippen LogP contribution in [0.2, 0.25) is 0 Å². The molecule has 2 aromatic carbocycles. The van der Waals surface area contributed by atoms with Gasteiger partial charge in [0.25, 0.3) is 5.91 Å². The number of aromatic nitrogens is 4. The predicted octanol–water partition coefficient (Wildman–Crippen LogP) is 7.82. The smallest absolute Gasteiger partial charge is 0.412 e. The first-order valence-electron chi connectivity index (χ1n) is 14.2. The molecule has 0 fully saturated rings. The van der Waals surface area contributed by atoms with Gasteiger partial charge in [0.1, 0.15) is 35.1 Å². The fraction of sp³-hybridized carbons (Fsp3) is 0.212. The van der Waals surface area contributed by atoms with Crippen molar-refractivity contribution in [1.82, 2.24) is 19.9 Å². The Bertz CT molecular complexity index is 1840. The molecule has 5 aromatic rings. The summed E-state index contributed by atoms with van der Waals surface area (Å²) in [6, 6.07) is 18.0. The van der Waals surface area contributed by atoms with Crippen LogP contribution >= 0.6 is 0 Å². The molecular formula is C33H32FN7O4. The Labute approximate surface area is 259 Å². The van der Waals surface area contributed by atoms with E-state index in [1.165, 1.54) is 18.5 Å².